The van der Waals surface area contributed by atoms with Gasteiger partial charge in [0.15, 0.2) is 0 Å². The Morgan fingerprint density at radius 1 is 1.35 bits per heavy atom. The van der Waals surface area contributed by atoms with Crippen LogP contribution in [0.15, 0.2) is 41.2 Å². The van der Waals surface area contributed by atoms with Crippen LogP contribution in [0.2, 0.25) is 0 Å². The van der Waals surface area contributed by atoms with E-state index in [9.17, 15) is 4.79 Å². The summed E-state index contributed by atoms with van der Waals surface area (Å²) in [6.07, 6.45) is 3.14. The minimum absolute atomic E-state index is 0.176. The Labute approximate surface area is 95.6 Å². The number of amides is 1. The first-order chi connectivity index (χ1) is 8.33. The molecule has 0 aliphatic carbocycles. The minimum atomic E-state index is -0.332. The average molecular weight is 228 g/mol. The number of fused-ring (bicyclic) bond motifs is 1. The molecule has 0 atom stereocenters. The predicted octanol–water partition coefficient (Wildman–Crippen LogP) is 1.80. The zero-order chi connectivity index (χ0) is 11.7. The number of hydrogen-bond donors (Lipinski definition) is 2. The Kier molecular flexibility index (Phi) is 2.11. The molecule has 0 radical (unpaired) electrons. The van der Waals surface area contributed by atoms with E-state index < -0.39 is 0 Å². The number of carbonyl (C=O) groups excluding carboxylic acids is 1. The quantitative estimate of drug-likeness (QED) is 0.700. The second-order valence-electron chi connectivity index (χ2n) is 3.50. The number of carbonyl (C=O) groups is 1. The van der Waals surface area contributed by atoms with Gasteiger partial charge in [-0.05, 0) is 18.2 Å². The molecule has 0 saturated carbocycles. The standard InChI is InChI=1S/C11H8N4O2/c16-11(10-3-4-13-17-10)14-8-2-1-7-6-12-15-9(7)5-8/h1-6H,(H,12,15)(H,14,16). The van der Waals surface area contributed by atoms with Crippen LogP contribution in [0.3, 0.4) is 0 Å². The van der Waals surface area contributed by atoms with E-state index in [1.54, 1.807) is 18.3 Å². The van der Waals surface area contributed by atoms with Crippen LogP contribution in [0, 0.1) is 0 Å². The fourth-order valence-corrected chi connectivity index (χ4v) is 1.54. The topological polar surface area (TPSA) is 83.8 Å². The summed E-state index contributed by atoms with van der Waals surface area (Å²) < 4.78 is 4.76. The maximum atomic E-state index is 11.7. The van der Waals surface area contributed by atoms with Gasteiger partial charge in [-0.2, -0.15) is 5.10 Å². The van der Waals surface area contributed by atoms with Gasteiger partial charge in [-0.3, -0.25) is 9.89 Å². The van der Waals surface area contributed by atoms with Crippen molar-refractivity contribution >= 4 is 22.5 Å². The first-order valence-corrected chi connectivity index (χ1v) is 4.98. The van der Waals surface area contributed by atoms with Crippen molar-refractivity contribution in [1.82, 2.24) is 15.4 Å². The molecule has 2 aromatic heterocycles. The molecule has 17 heavy (non-hydrogen) atoms. The van der Waals surface area contributed by atoms with Crippen molar-refractivity contribution in [1.29, 1.82) is 0 Å². The van der Waals surface area contributed by atoms with E-state index >= 15 is 0 Å². The summed E-state index contributed by atoms with van der Waals surface area (Å²) in [5.41, 5.74) is 1.53. The summed E-state index contributed by atoms with van der Waals surface area (Å²) in [6.45, 7) is 0. The maximum Gasteiger partial charge on any atom is 0.294 e. The highest BCUT2D eigenvalue weighted by molar-refractivity contribution is 6.03. The van der Waals surface area contributed by atoms with Crippen LogP contribution < -0.4 is 5.32 Å². The first kappa shape index (κ1) is 9.59. The molecule has 0 aliphatic rings. The van der Waals surface area contributed by atoms with Crippen LogP contribution in [0.1, 0.15) is 10.6 Å². The number of H-pyrrole nitrogens is 1. The van der Waals surface area contributed by atoms with E-state index in [-0.39, 0.29) is 11.7 Å². The van der Waals surface area contributed by atoms with Crippen LogP contribution in [-0.4, -0.2) is 21.3 Å². The van der Waals surface area contributed by atoms with Crippen LogP contribution in [0.5, 0.6) is 0 Å². The van der Waals surface area contributed by atoms with E-state index in [1.807, 2.05) is 6.07 Å². The molecule has 2 N–H and O–H groups in total. The smallest absolute Gasteiger partial charge is 0.294 e. The maximum absolute atomic E-state index is 11.7. The molecule has 6 heteroatoms. The van der Waals surface area contributed by atoms with Crippen molar-refractivity contribution in [3.05, 3.63) is 42.4 Å². The number of nitrogens with one attached hydrogen (secondary N) is 2. The number of hydrogen-bond acceptors (Lipinski definition) is 4. The molecule has 0 bridgehead atoms. The van der Waals surface area contributed by atoms with Gasteiger partial charge in [0.2, 0.25) is 5.76 Å². The average Bonchev–Trinajstić information content (AvgIpc) is 2.99. The Balaban J connectivity index is 1.87. The van der Waals surface area contributed by atoms with Gasteiger partial charge in [-0.15, -0.1) is 0 Å². The molecule has 0 unspecified atom stereocenters. The van der Waals surface area contributed by atoms with E-state index in [0.717, 1.165) is 10.9 Å². The van der Waals surface area contributed by atoms with Crippen molar-refractivity contribution in [2.45, 2.75) is 0 Å². The molecular formula is C11H8N4O2. The SMILES string of the molecule is O=C(Nc1ccc2cn[nH]c2c1)c1ccno1. The Bertz CT molecular complexity index is 657. The fourth-order valence-electron chi connectivity index (χ4n) is 1.54. The van der Waals surface area contributed by atoms with Gasteiger partial charge < -0.3 is 9.84 Å². The lowest BCUT2D eigenvalue weighted by Crippen LogP contribution is -2.10. The molecule has 6 nitrogen and oxygen atoms in total. The van der Waals surface area contributed by atoms with E-state index in [1.165, 1.54) is 12.3 Å². The van der Waals surface area contributed by atoms with Gasteiger partial charge >= 0.3 is 0 Å². The molecule has 3 rings (SSSR count). The molecular weight excluding hydrogens is 220 g/mol. The Hall–Kier alpha value is -2.63. The Morgan fingerprint density at radius 3 is 3.12 bits per heavy atom. The summed E-state index contributed by atoms with van der Waals surface area (Å²) in [5, 5.41) is 13.9. The summed E-state index contributed by atoms with van der Waals surface area (Å²) in [5.74, 6) is -0.156. The Morgan fingerprint density at radius 2 is 2.29 bits per heavy atom. The van der Waals surface area contributed by atoms with Gasteiger partial charge in [0.1, 0.15) is 0 Å². The monoisotopic (exact) mass is 228 g/mol. The fraction of sp³-hybridized carbons (Fsp3) is 0. The molecule has 84 valence electrons. The zero-order valence-corrected chi connectivity index (χ0v) is 8.68. The number of nitrogens with zero attached hydrogens (tertiary/aromatic N) is 2. The number of aromatic amines is 1. The third-order valence-electron chi connectivity index (χ3n) is 2.36. The van der Waals surface area contributed by atoms with E-state index in [0.29, 0.717) is 5.69 Å². The highest BCUT2D eigenvalue weighted by Gasteiger charge is 2.10. The molecule has 2 heterocycles. The lowest BCUT2D eigenvalue weighted by Gasteiger charge is -2.02. The van der Waals surface area contributed by atoms with E-state index in [4.69, 9.17) is 4.52 Å². The van der Waals surface area contributed by atoms with Crippen molar-refractivity contribution in [2.75, 3.05) is 5.32 Å². The first-order valence-electron chi connectivity index (χ1n) is 4.98. The lowest BCUT2D eigenvalue weighted by atomic mass is 10.2. The minimum Gasteiger partial charge on any atom is -0.351 e. The van der Waals surface area contributed by atoms with Gasteiger partial charge in [0.05, 0.1) is 17.9 Å². The van der Waals surface area contributed by atoms with Crippen LogP contribution in [-0.2, 0) is 0 Å². The molecule has 1 amide bonds. The molecule has 0 saturated heterocycles. The predicted molar refractivity (Wildman–Crippen MR) is 60.5 cm³/mol. The molecule has 0 aliphatic heterocycles. The van der Waals surface area contributed by atoms with Gasteiger partial charge in [-0.1, -0.05) is 5.16 Å². The third-order valence-corrected chi connectivity index (χ3v) is 2.36. The van der Waals surface area contributed by atoms with Gasteiger partial charge in [0, 0.05) is 17.1 Å². The summed E-state index contributed by atoms with van der Waals surface area (Å²) in [7, 11) is 0. The lowest BCUT2D eigenvalue weighted by molar-refractivity contribution is 0.0988. The van der Waals surface area contributed by atoms with Crippen LogP contribution >= 0.6 is 0 Å². The van der Waals surface area contributed by atoms with Gasteiger partial charge in [0.25, 0.3) is 5.91 Å². The van der Waals surface area contributed by atoms with Crippen LogP contribution in [0.25, 0.3) is 10.9 Å². The summed E-state index contributed by atoms with van der Waals surface area (Å²) >= 11 is 0. The van der Waals surface area contributed by atoms with Gasteiger partial charge in [-0.25, -0.2) is 0 Å². The normalized spacial score (nSPS) is 10.6. The van der Waals surface area contributed by atoms with Crippen molar-refractivity contribution in [3.63, 3.8) is 0 Å². The highest BCUT2D eigenvalue weighted by Crippen LogP contribution is 2.17. The largest absolute Gasteiger partial charge is 0.351 e. The molecule has 0 fully saturated rings. The van der Waals surface area contributed by atoms with Crippen LogP contribution in [0.4, 0.5) is 5.69 Å². The van der Waals surface area contributed by atoms with Crippen molar-refractivity contribution < 1.29 is 9.32 Å². The summed E-state index contributed by atoms with van der Waals surface area (Å²) in [6, 6.07) is 6.97. The summed E-state index contributed by atoms with van der Waals surface area (Å²) in [4.78, 5) is 11.7. The van der Waals surface area contributed by atoms with Crippen molar-refractivity contribution in [3.8, 4) is 0 Å². The second-order valence-corrected chi connectivity index (χ2v) is 3.50. The molecule has 0 spiro atoms. The number of anilines is 1. The number of aromatic nitrogens is 3. The zero-order valence-electron chi connectivity index (χ0n) is 8.68. The molecule has 1 aromatic carbocycles. The molecule has 3 aromatic rings. The third kappa shape index (κ3) is 1.76. The van der Waals surface area contributed by atoms with Crippen molar-refractivity contribution in [2.24, 2.45) is 0 Å². The second kappa shape index (κ2) is 3.75. The number of benzene rings is 1. The van der Waals surface area contributed by atoms with E-state index in [2.05, 4.69) is 20.7 Å². The highest BCUT2D eigenvalue weighted by atomic mass is 16.5. The number of rotatable bonds is 2.